The molecular formula is C17H25NO2S2. The minimum Gasteiger partial charge on any atom is -0.351 e. The molecule has 3 nitrogen and oxygen atoms in total. The third kappa shape index (κ3) is 4.85. The number of carbonyl (C=O) groups excluding carboxylic acids is 1. The predicted molar refractivity (Wildman–Crippen MR) is 95.2 cm³/mol. The number of rotatable bonds is 6. The third-order valence-corrected chi connectivity index (χ3v) is 6.81. The number of hydrogen-bond donors (Lipinski definition) is 1. The number of thioether (sulfide) groups is 1. The average molecular weight is 340 g/mol. The van der Waals surface area contributed by atoms with E-state index in [-0.39, 0.29) is 11.2 Å². The molecule has 0 aromatic heterocycles. The quantitative estimate of drug-likeness (QED) is 0.862. The molecule has 0 spiro atoms. The Balaban J connectivity index is 2.08. The molecule has 1 aliphatic rings. The van der Waals surface area contributed by atoms with Gasteiger partial charge in [-0.25, -0.2) is 0 Å². The van der Waals surface area contributed by atoms with Crippen molar-refractivity contribution >= 4 is 28.5 Å². The molecule has 1 amide bonds. The SMILES string of the molecule is Cc1ccc(SC2CCCC2)c(C(=O)NC[C@H](C)[S@@](C)=O)c1. The van der Waals surface area contributed by atoms with Gasteiger partial charge in [-0.1, -0.05) is 24.5 Å². The van der Waals surface area contributed by atoms with Crippen molar-refractivity contribution in [3.63, 3.8) is 0 Å². The maximum Gasteiger partial charge on any atom is 0.252 e. The van der Waals surface area contributed by atoms with Crippen LogP contribution in [-0.4, -0.2) is 33.4 Å². The highest BCUT2D eigenvalue weighted by Crippen LogP contribution is 2.36. The largest absolute Gasteiger partial charge is 0.351 e. The Morgan fingerprint density at radius 3 is 2.73 bits per heavy atom. The normalized spacial score (nSPS) is 18.1. The van der Waals surface area contributed by atoms with Crippen molar-refractivity contribution in [2.75, 3.05) is 12.8 Å². The highest BCUT2D eigenvalue weighted by Gasteiger charge is 2.20. The second-order valence-electron chi connectivity index (χ2n) is 6.04. The van der Waals surface area contributed by atoms with Crippen molar-refractivity contribution < 1.29 is 9.00 Å². The molecule has 22 heavy (non-hydrogen) atoms. The van der Waals surface area contributed by atoms with Crippen LogP contribution in [0.3, 0.4) is 0 Å². The zero-order valence-corrected chi connectivity index (χ0v) is 15.2. The van der Waals surface area contributed by atoms with E-state index in [1.165, 1.54) is 25.7 Å². The van der Waals surface area contributed by atoms with Gasteiger partial charge in [0.25, 0.3) is 5.91 Å². The van der Waals surface area contributed by atoms with Crippen LogP contribution in [0, 0.1) is 6.92 Å². The average Bonchev–Trinajstić information content (AvgIpc) is 2.99. The highest BCUT2D eigenvalue weighted by molar-refractivity contribution is 8.00. The third-order valence-electron chi connectivity index (χ3n) is 4.09. The van der Waals surface area contributed by atoms with Crippen LogP contribution in [0.1, 0.15) is 48.5 Å². The number of nitrogens with one attached hydrogen (secondary N) is 1. The van der Waals surface area contributed by atoms with Gasteiger partial charge in [0.2, 0.25) is 0 Å². The molecule has 0 heterocycles. The van der Waals surface area contributed by atoms with Gasteiger partial charge in [0, 0.05) is 39.0 Å². The van der Waals surface area contributed by atoms with E-state index in [1.54, 1.807) is 6.26 Å². The zero-order chi connectivity index (χ0) is 16.1. The molecule has 1 aromatic carbocycles. The van der Waals surface area contributed by atoms with Crippen LogP contribution in [0.5, 0.6) is 0 Å². The topological polar surface area (TPSA) is 46.2 Å². The van der Waals surface area contributed by atoms with Gasteiger partial charge >= 0.3 is 0 Å². The fraction of sp³-hybridized carbons (Fsp3) is 0.588. The number of hydrogen-bond acceptors (Lipinski definition) is 3. The first-order chi connectivity index (χ1) is 10.5. The molecule has 0 unspecified atom stereocenters. The molecule has 2 rings (SSSR count). The minimum atomic E-state index is -0.917. The second kappa shape index (κ2) is 8.16. The fourth-order valence-electron chi connectivity index (χ4n) is 2.56. The minimum absolute atomic E-state index is 0.0281. The van der Waals surface area contributed by atoms with Gasteiger partial charge < -0.3 is 5.32 Å². The standard InChI is InChI=1S/C17H25NO2S2/c1-12-8-9-16(21-14-6-4-5-7-14)15(10-12)17(19)18-11-13(2)22(3)20/h8-10,13-14H,4-7,11H2,1-3H3,(H,18,19)/t13-,22+/m0/s1. The zero-order valence-electron chi connectivity index (χ0n) is 13.6. The smallest absolute Gasteiger partial charge is 0.252 e. The van der Waals surface area contributed by atoms with Gasteiger partial charge in [-0.2, -0.15) is 0 Å². The Bertz CT molecular complexity index is 554. The Labute approximate surface area is 140 Å². The van der Waals surface area contributed by atoms with E-state index in [0.717, 1.165) is 16.0 Å². The first-order valence-electron chi connectivity index (χ1n) is 7.85. The van der Waals surface area contributed by atoms with Crippen LogP contribution in [-0.2, 0) is 10.8 Å². The van der Waals surface area contributed by atoms with E-state index >= 15 is 0 Å². The summed E-state index contributed by atoms with van der Waals surface area (Å²) in [6, 6.07) is 6.09. The predicted octanol–water partition coefficient (Wildman–Crippen LogP) is 3.53. The lowest BCUT2D eigenvalue weighted by Crippen LogP contribution is -2.32. The van der Waals surface area contributed by atoms with Gasteiger partial charge in [0.05, 0.1) is 5.56 Å². The van der Waals surface area contributed by atoms with Gasteiger partial charge in [-0.3, -0.25) is 9.00 Å². The maximum absolute atomic E-state index is 12.5. The molecule has 1 aliphatic carbocycles. The summed E-state index contributed by atoms with van der Waals surface area (Å²) in [5, 5.41) is 3.53. The van der Waals surface area contributed by atoms with Crippen molar-refractivity contribution in [2.45, 2.75) is 54.9 Å². The summed E-state index contributed by atoms with van der Waals surface area (Å²) >= 11 is 1.83. The molecule has 0 saturated heterocycles. The van der Waals surface area contributed by atoms with E-state index in [1.807, 2.05) is 31.7 Å². The van der Waals surface area contributed by atoms with E-state index in [4.69, 9.17) is 0 Å². The van der Waals surface area contributed by atoms with E-state index in [0.29, 0.717) is 11.8 Å². The Kier molecular flexibility index (Phi) is 6.50. The highest BCUT2D eigenvalue weighted by atomic mass is 32.2. The van der Waals surface area contributed by atoms with Gasteiger partial charge in [-0.05, 0) is 38.8 Å². The summed E-state index contributed by atoms with van der Waals surface area (Å²) in [5.74, 6) is -0.0542. The molecule has 2 atom stereocenters. The van der Waals surface area contributed by atoms with Crippen molar-refractivity contribution in [2.24, 2.45) is 0 Å². The molecule has 122 valence electrons. The van der Waals surface area contributed by atoms with Crippen molar-refractivity contribution in [1.82, 2.24) is 5.32 Å². The Morgan fingerprint density at radius 1 is 1.41 bits per heavy atom. The Hall–Kier alpha value is -0.810. The van der Waals surface area contributed by atoms with Crippen LogP contribution in [0.15, 0.2) is 23.1 Å². The van der Waals surface area contributed by atoms with Crippen LogP contribution >= 0.6 is 11.8 Å². The molecule has 1 aromatic rings. The second-order valence-corrected chi connectivity index (χ2v) is 9.19. The lowest BCUT2D eigenvalue weighted by molar-refractivity contribution is 0.0951. The molecule has 1 saturated carbocycles. The lowest BCUT2D eigenvalue weighted by atomic mass is 10.1. The summed E-state index contributed by atoms with van der Waals surface area (Å²) in [6.07, 6.45) is 6.75. The monoisotopic (exact) mass is 339 g/mol. The summed E-state index contributed by atoms with van der Waals surface area (Å²) in [5.41, 5.74) is 1.85. The maximum atomic E-state index is 12.5. The summed E-state index contributed by atoms with van der Waals surface area (Å²) in [6.45, 7) is 4.34. The molecule has 1 N–H and O–H groups in total. The number of benzene rings is 1. The van der Waals surface area contributed by atoms with Gasteiger partial charge in [-0.15, -0.1) is 11.8 Å². The fourth-order valence-corrected chi connectivity index (χ4v) is 4.23. The van der Waals surface area contributed by atoms with Gasteiger partial charge in [0.1, 0.15) is 0 Å². The van der Waals surface area contributed by atoms with Crippen LogP contribution < -0.4 is 5.32 Å². The van der Waals surface area contributed by atoms with E-state index in [9.17, 15) is 9.00 Å². The van der Waals surface area contributed by atoms with E-state index < -0.39 is 10.8 Å². The first kappa shape index (κ1) is 17.5. The molecule has 0 radical (unpaired) electrons. The summed E-state index contributed by atoms with van der Waals surface area (Å²) in [4.78, 5) is 13.6. The molecular weight excluding hydrogens is 314 g/mol. The summed E-state index contributed by atoms with van der Waals surface area (Å²) in [7, 11) is -0.917. The van der Waals surface area contributed by atoms with Crippen LogP contribution in [0.2, 0.25) is 0 Å². The molecule has 5 heteroatoms. The number of aryl methyl sites for hydroxylation is 1. The van der Waals surface area contributed by atoms with E-state index in [2.05, 4.69) is 17.4 Å². The number of amides is 1. The van der Waals surface area contributed by atoms with Crippen molar-refractivity contribution in [3.05, 3.63) is 29.3 Å². The summed E-state index contributed by atoms with van der Waals surface area (Å²) < 4.78 is 11.4. The molecule has 1 fully saturated rings. The number of carbonyl (C=O) groups is 1. The molecule has 0 aliphatic heterocycles. The van der Waals surface area contributed by atoms with Crippen molar-refractivity contribution in [3.8, 4) is 0 Å². The van der Waals surface area contributed by atoms with Gasteiger partial charge in [0.15, 0.2) is 0 Å². The lowest BCUT2D eigenvalue weighted by Gasteiger charge is -2.15. The van der Waals surface area contributed by atoms with Crippen LogP contribution in [0.25, 0.3) is 0 Å². The van der Waals surface area contributed by atoms with Crippen LogP contribution in [0.4, 0.5) is 0 Å². The molecule has 0 bridgehead atoms. The Morgan fingerprint density at radius 2 is 2.09 bits per heavy atom. The van der Waals surface area contributed by atoms with Crippen molar-refractivity contribution in [1.29, 1.82) is 0 Å². The first-order valence-corrected chi connectivity index (χ1v) is 10.3.